The summed E-state index contributed by atoms with van der Waals surface area (Å²) in [5, 5.41) is 0. The van der Waals surface area contributed by atoms with Crippen LogP contribution in [0.5, 0.6) is 5.75 Å². The monoisotopic (exact) mass is 225 g/mol. The quantitative estimate of drug-likeness (QED) is 0.798. The molecule has 0 aliphatic carbocycles. The zero-order chi connectivity index (χ0) is 12.0. The van der Waals surface area contributed by atoms with Crippen molar-refractivity contribution in [3.63, 3.8) is 0 Å². The standard InChI is InChI=1S/C12H13F2NO/c1-9-7-11(16-8-12(13)14)5-4-10(9)3-2-6-15/h4-5,7,12H,6,8,15H2,1H3. The van der Waals surface area contributed by atoms with E-state index in [0.717, 1.165) is 11.1 Å². The molecule has 0 unspecified atom stereocenters. The molecule has 1 rings (SSSR count). The molecule has 0 saturated heterocycles. The molecule has 86 valence electrons. The Morgan fingerprint density at radius 2 is 2.19 bits per heavy atom. The van der Waals surface area contributed by atoms with Crippen LogP contribution < -0.4 is 10.5 Å². The number of rotatable bonds is 3. The Morgan fingerprint density at radius 3 is 2.75 bits per heavy atom. The van der Waals surface area contributed by atoms with Crippen LogP contribution in [0.4, 0.5) is 8.78 Å². The van der Waals surface area contributed by atoms with E-state index in [1.807, 2.05) is 6.92 Å². The number of benzene rings is 1. The summed E-state index contributed by atoms with van der Waals surface area (Å²) in [5.41, 5.74) is 6.97. The Bertz CT molecular complexity index is 407. The molecule has 0 saturated carbocycles. The number of ether oxygens (including phenoxy) is 1. The van der Waals surface area contributed by atoms with Crippen LogP contribution in [-0.2, 0) is 0 Å². The number of halogens is 2. The zero-order valence-electron chi connectivity index (χ0n) is 8.97. The smallest absolute Gasteiger partial charge is 0.272 e. The van der Waals surface area contributed by atoms with Crippen LogP contribution in [0.25, 0.3) is 0 Å². The fourth-order valence-corrected chi connectivity index (χ4v) is 1.17. The van der Waals surface area contributed by atoms with Gasteiger partial charge in [-0.15, -0.1) is 0 Å². The highest BCUT2D eigenvalue weighted by Gasteiger charge is 2.04. The Kier molecular flexibility index (Phi) is 4.74. The SMILES string of the molecule is Cc1cc(OCC(F)F)ccc1C#CCN. The summed E-state index contributed by atoms with van der Waals surface area (Å²) in [6.45, 7) is 1.55. The molecule has 4 heteroatoms. The van der Waals surface area contributed by atoms with Gasteiger partial charge in [-0.05, 0) is 30.7 Å². The van der Waals surface area contributed by atoms with Crippen LogP contribution in [0.3, 0.4) is 0 Å². The van der Waals surface area contributed by atoms with Gasteiger partial charge in [0.05, 0.1) is 6.54 Å². The summed E-state index contributed by atoms with van der Waals surface area (Å²) in [6, 6.07) is 5.04. The summed E-state index contributed by atoms with van der Waals surface area (Å²) in [4.78, 5) is 0. The van der Waals surface area contributed by atoms with Crippen molar-refractivity contribution in [2.24, 2.45) is 5.73 Å². The Balaban J connectivity index is 2.74. The summed E-state index contributed by atoms with van der Waals surface area (Å²) < 4.78 is 28.7. The minimum atomic E-state index is -2.46. The molecule has 0 amide bonds. The van der Waals surface area contributed by atoms with E-state index in [1.54, 1.807) is 18.2 Å². The summed E-state index contributed by atoms with van der Waals surface area (Å²) in [6.07, 6.45) is -2.46. The van der Waals surface area contributed by atoms with Crippen LogP contribution in [0.1, 0.15) is 11.1 Å². The third-order valence-corrected chi connectivity index (χ3v) is 1.90. The molecule has 0 aliphatic heterocycles. The van der Waals surface area contributed by atoms with Gasteiger partial charge < -0.3 is 10.5 Å². The number of nitrogens with two attached hydrogens (primary N) is 1. The van der Waals surface area contributed by atoms with E-state index in [9.17, 15) is 8.78 Å². The minimum absolute atomic E-state index is 0.295. The first-order chi connectivity index (χ1) is 7.63. The van der Waals surface area contributed by atoms with Gasteiger partial charge in [-0.3, -0.25) is 0 Å². The minimum Gasteiger partial charge on any atom is -0.488 e. The van der Waals surface area contributed by atoms with Crippen LogP contribution >= 0.6 is 0 Å². The van der Waals surface area contributed by atoms with Crippen molar-refractivity contribution < 1.29 is 13.5 Å². The van der Waals surface area contributed by atoms with Gasteiger partial charge in [-0.2, -0.15) is 0 Å². The van der Waals surface area contributed by atoms with E-state index in [-0.39, 0.29) is 0 Å². The third-order valence-electron chi connectivity index (χ3n) is 1.90. The van der Waals surface area contributed by atoms with Crippen LogP contribution in [-0.4, -0.2) is 19.6 Å². The van der Waals surface area contributed by atoms with E-state index < -0.39 is 13.0 Å². The average Bonchev–Trinajstić information content (AvgIpc) is 2.25. The average molecular weight is 225 g/mol. The molecule has 0 radical (unpaired) electrons. The molecule has 2 N–H and O–H groups in total. The van der Waals surface area contributed by atoms with Crippen molar-refractivity contribution in [1.82, 2.24) is 0 Å². The molecular weight excluding hydrogens is 212 g/mol. The molecule has 16 heavy (non-hydrogen) atoms. The van der Waals surface area contributed by atoms with E-state index in [2.05, 4.69) is 11.8 Å². The molecule has 0 atom stereocenters. The van der Waals surface area contributed by atoms with E-state index in [4.69, 9.17) is 10.5 Å². The topological polar surface area (TPSA) is 35.2 Å². The van der Waals surface area contributed by atoms with Crippen molar-refractivity contribution >= 4 is 0 Å². The van der Waals surface area contributed by atoms with Crippen molar-refractivity contribution in [2.75, 3.05) is 13.2 Å². The summed E-state index contributed by atoms with van der Waals surface area (Å²) in [7, 11) is 0. The number of hydrogen-bond donors (Lipinski definition) is 1. The number of aryl methyl sites for hydroxylation is 1. The molecule has 0 aromatic heterocycles. The lowest BCUT2D eigenvalue weighted by Crippen LogP contribution is -2.07. The number of hydrogen-bond acceptors (Lipinski definition) is 2. The Labute approximate surface area is 93.4 Å². The summed E-state index contributed by atoms with van der Waals surface area (Å²) >= 11 is 0. The van der Waals surface area contributed by atoms with Crippen molar-refractivity contribution in [3.8, 4) is 17.6 Å². The molecule has 1 aromatic rings. The highest BCUT2D eigenvalue weighted by atomic mass is 19.3. The summed E-state index contributed by atoms with van der Waals surface area (Å²) in [5.74, 6) is 6.04. The van der Waals surface area contributed by atoms with Gasteiger partial charge in [-0.1, -0.05) is 11.8 Å². The van der Waals surface area contributed by atoms with Crippen molar-refractivity contribution in [2.45, 2.75) is 13.3 Å². The molecular formula is C12H13F2NO. The lowest BCUT2D eigenvalue weighted by molar-refractivity contribution is 0.0819. The number of alkyl halides is 2. The fourth-order valence-electron chi connectivity index (χ4n) is 1.17. The first kappa shape index (κ1) is 12.5. The van der Waals surface area contributed by atoms with Crippen LogP contribution in [0.2, 0.25) is 0 Å². The molecule has 0 heterocycles. The molecule has 2 nitrogen and oxygen atoms in total. The van der Waals surface area contributed by atoms with Crippen LogP contribution in [0.15, 0.2) is 18.2 Å². The normalized spacial score (nSPS) is 9.81. The maximum atomic E-state index is 11.9. The van der Waals surface area contributed by atoms with E-state index in [1.165, 1.54) is 0 Å². The Morgan fingerprint density at radius 1 is 1.44 bits per heavy atom. The fraction of sp³-hybridized carbons (Fsp3) is 0.333. The van der Waals surface area contributed by atoms with Crippen molar-refractivity contribution in [3.05, 3.63) is 29.3 Å². The Hall–Kier alpha value is -1.60. The van der Waals surface area contributed by atoms with Gasteiger partial charge >= 0.3 is 0 Å². The maximum Gasteiger partial charge on any atom is 0.272 e. The molecule has 0 fully saturated rings. The van der Waals surface area contributed by atoms with Gasteiger partial charge in [0.15, 0.2) is 0 Å². The lowest BCUT2D eigenvalue weighted by atomic mass is 10.1. The zero-order valence-corrected chi connectivity index (χ0v) is 8.97. The second-order valence-corrected chi connectivity index (χ2v) is 3.18. The van der Waals surface area contributed by atoms with Gasteiger partial charge in [-0.25, -0.2) is 8.78 Å². The van der Waals surface area contributed by atoms with Crippen LogP contribution in [0, 0.1) is 18.8 Å². The molecule has 0 bridgehead atoms. The van der Waals surface area contributed by atoms with Gasteiger partial charge in [0.2, 0.25) is 0 Å². The first-order valence-electron chi connectivity index (χ1n) is 4.84. The molecule has 1 aromatic carbocycles. The lowest BCUT2D eigenvalue weighted by Gasteiger charge is -2.06. The largest absolute Gasteiger partial charge is 0.488 e. The van der Waals surface area contributed by atoms with E-state index >= 15 is 0 Å². The van der Waals surface area contributed by atoms with Gasteiger partial charge in [0.1, 0.15) is 12.4 Å². The van der Waals surface area contributed by atoms with Crippen molar-refractivity contribution in [1.29, 1.82) is 0 Å². The van der Waals surface area contributed by atoms with E-state index in [0.29, 0.717) is 12.3 Å². The highest BCUT2D eigenvalue weighted by molar-refractivity contribution is 5.44. The third kappa shape index (κ3) is 3.87. The highest BCUT2D eigenvalue weighted by Crippen LogP contribution is 2.17. The molecule has 0 aliphatic rings. The maximum absolute atomic E-state index is 11.9. The predicted octanol–water partition coefficient (Wildman–Crippen LogP) is 1.95. The van der Waals surface area contributed by atoms with Gasteiger partial charge in [0.25, 0.3) is 6.43 Å². The second kappa shape index (κ2) is 6.09. The second-order valence-electron chi connectivity index (χ2n) is 3.18. The predicted molar refractivity (Wildman–Crippen MR) is 58.6 cm³/mol. The first-order valence-corrected chi connectivity index (χ1v) is 4.84. The van der Waals surface area contributed by atoms with Gasteiger partial charge in [0, 0.05) is 5.56 Å². The molecule has 0 spiro atoms.